The zero-order valence-electron chi connectivity index (χ0n) is 22.2. The van der Waals surface area contributed by atoms with Crippen LogP contribution in [0.1, 0.15) is 12.0 Å². The second-order valence-corrected chi connectivity index (χ2v) is 10.3. The molecule has 1 N–H and O–H groups in total. The molecule has 1 amide bonds. The minimum Gasteiger partial charge on any atom is -0.457 e. The minimum absolute atomic E-state index is 0.0316. The molecule has 0 spiro atoms. The molecule has 0 bridgehead atoms. The van der Waals surface area contributed by atoms with Crippen LogP contribution in [-0.2, 0) is 4.79 Å². The number of halogens is 1. The normalized spacial score (nSPS) is 18.2. The topological polar surface area (TPSA) is 114 Å². The van der Waals surface area contributed by atoms with Crippen LogP contribution in [0, 0.1) is 18.7 Å². The van der Waals surface area contributed by atoms with E-state index in [1.54, 1.807) is 28.9 Å². The van der Waals surface area contributed by atoms with Crippen LogP contribution >= 0.6 is 0 Å². The molecule has 11 nitrogen and oxygen atoms in total. The molecule has 206 valence electrons. The van der Waals surface area contributed by atoms with Crippen LogP contribution in [0.15, 0.2) is 67.9 Å². The molecule has 7 rings (SSSR count). The van der Waals surface area contributed by atoms with Crippen molar-refractivity contribution in [1.29, 1.82) is 0 Å². The monoisotopic (exact) mass is 551 g/mol. The number of nitrogens with zero attached hydrogens (tertiary/aromatic N) is 8. The molecular formula is C29H26FN9O2. The van der Waals surface area contributed by atoms with Crippen LogP contribution in [-0.4, -0.2) is 66.0 Å². The summed E-state index contributed by atoms with van der Waals surface area (Å²) in [6, 6.07) is 10.4. The maximum absolute atomic E-state index is 15.3. The van der Waals surface area contributed by atoms with Gasteiger partial charge in [0, 0.05) is 43.9 Å². The molecule has 2 aliphatic rings. The maximum Gasteiger partial charge on any atom is 0.246 e. The third-order valence-electron chi connectivity index (χ3n) is 7.79. The Morgan fingerprint density at radius 2 is 2.05 bits per heavy atom. The molecule has 12 heteroatoms. The first kappa shape index (κ1) is 24.9. The summed E-state index contributed by atoms with van der Waals surface area (Å²) in [5, 5.41) is 7.18. The van der Waals surface area contributed by atoms with Gasteiger partial charge in [0.15, 0.2) is 11.5 Å². The Bertz CT molecular complexity index is 1820. The van der Waals surface area contributed by atoms with Gasteiger partial charge >= 0.3 is 0 Å². The Labute approximate surface area is 234 Å². The van der Waals surface area contributed by atoms with E-state index in [0.29, 0.717) is 46.5 Å². The Hall–Kier alpha value is -5.13. The van der Waals surface area contributed by atoms with Crippen molar-refractivity contribution in [3.63, 3.8) is 0 Å². The van der Waals surface area contributed by atoms with Crippen LogP contribution in [0.25, 0.3) is 16.7 Å². The summed E-state index contributed by atoms with van der Waals surface area (Å²) in [5.41, 5.74) is 2.75. The van der Waals surface area contributed by atoms with Crippen molar-refractivity contribution in [3.8, 4) is 11.5 Å². The van der Waals surface area contributed by atoms with Crippen LogP contribution in [0.2, 0.25) is 0 Å². The summed E-state index contributed by atoms with van der Waals surface area (Å²) in [5.74, 6) is 1.91. The van der Waals surface area contributed by atoms with Crippen molar-refractivity contribution >= 4 is 39.9 Å². The van der Waals surface area contributed by atoms with E-state index in [-0.39, 0.29) is 17.6 Å². The number of rotatable bonds is 6. The lowest BCUT2D eigenvalue weighted by molar-refractivity contribution is -0.126. The molecule has 2 saturated heterocycles. The first-order valence-corrected chi connectivity index (χ1v) is 13.3. The van der Waals surface area contributed by atoms with E-state index < -0.39 is 5.82 Å². The quantitative estimate of drug-likeness (QED) is 0.309. The molecule has 1 aromatic carbocycles. The third-order valence-corrected chi connectivity index (χ3v) is 7.79. The number of ether oxygens (including phenoxy) is 1. The second kappa shape index (κ2) is 9.81. The van der Waals surface area contributed by atoms with Gasteiger partial charge in [0.1, 0.15) is 41.3 Å². The summed E-state index contributed by atoms with van der Waals surface area (Å²) in [6.45, 7) is 7.74. The number of likely N-dealkylation sites (tertiary alicyclic amines) is 1. The fourth-order valence-electron chi connectivity index (χ4n) is 5.72. The number of hydrogen-bond donors (Lipinski definition) is 1. The average molecular weight is 552 g/mol. The number of anilines is 3. The lowest BCUT2D eigenvalue weighted by Crippen LogP contribution is -2.38. The molecule has 0 unspecified atom stereocenters. The van der Waals surface area contributed by atoms with E-state index in [4.69, 9.17) is 9.72 Å². The van der Waals surface area contributed by atoms with Crippen molar-refractivity contribution in [3.05, 3.63) is 79.3 Å². The number of carbonyl (C=O) groups excluding carboxylic acids is 1. The summed E-state index contributed by atoms with van der Waals surface area (Å²) >= 11 is 0. The second-order valence-electron chi connectivity index (χ2n) is 10.3. The van der Waals surface area contributed by atoms with E-state index in [1.165, 1.54) is 24.8 Å². The molecule has 0 aliphatic carbocycles. The first-order valence-electron chi connectivity index (χ1n) is 13.3. The molecule has 2 aliphatic heterocycles. The number of nitrogens with one attached hydrogen (secondary N) is 1. The number of amides is 1. The van der Waals surface area contributed by atoms with E-state index in [0.717, 1.165) is 30.9 Å². The number of pyridine rings is 2. The molecule has 2 atom stereocenters. The van der Waals surface area contributed by atoms with Gasteiger partial charge in [-0.1, -0.05) is 6.58 Å². The van der Waals surface area contributed by atoms with Gasteiger partial charge in [0.05, 0.1) is 17.2 Å². The van der Waals surface area contributed by atoms with Gasteiger partial charge in [-0.3, -0.25) is 4.79 Å². The zero-order chi connectivity index (χ0) is 28.1. The third kappa shape index (κ3) is 4.46. The predicted octanol–water partition coefficient (Wildman–Crippen LogP) is 4.27. The van der Waals surface area contributed by atoms with Gasteiger partial charge in [-0.15, -0.1) is 0 Å². The average Bonchev–Trinajstić information content (AvgIpc) is 3.71. The molecule has 0 radical (unpaired) electrons. The highest BCUT2D eigenvalue weighted by Crippen LogP contribution is 2.36. The zero-order valence-corrected chi connectivity index (χ0v) is 22.2. The van der Waals surface area contributed by atoms with Gasteiger partial charge in [-0.2, -0.15) is 5.10 Å². The number of fused-ring (bicyclic) bond motifs is 3. The lowest BCUT2D eigenvalue weighted by Gasteiger charge is -2.24. The fourth-order valence-corrected chi connectivity index (χ4v) is 5.72. The van der Waals surface area contributed by atoms with Crippen molar-refractivity contribution in [2.24, 2.45) is 5.92 Å². The van der Waals surface area contributed by atoms with Gasteiger partial charge in [0.25, 0.3) is 0 Å². The number of carbonyl (C=O) groups is 1. The summed E-state index contributed by atoms with van der Waals surface area (Å²) < 4.78 is 22.9. The highest BCUT2D eigenvalue weighted by atomic mass is 19.1. The van der Waals surface area contributed by atoms with Crippen LogP contribution in [0.5, 0.6) is 11.5 Å². The fraction of sp³-hybridized carbons (Fsp3) is 0.241. The smallest absolute Gasteiger partial charge is 0.246 e. The highest BCUT2D eigenvalue weighted by Gasteiger charge is 2.43. The van der Waals surface area contributed by atoms with Crippen molar-refractivity contribution in [1.82, 2.24) is 34.4 Å². The van der Waals surface area contributed by atoms with Crippen molar-refractivity contribution in [2.75, 3.05) is 29.9 Å². The highest BCUT2D eigenvalue weighted by molar-refractivity contribution is 5.89. The number of aromatic nitrogens is 6. The molecule has 5 aromatic rings. The number of aryl methyl sites for hydroxylation is 1. The van der Waals surface area contributed by atoms with Crippen LogP contribution in [0.4, 0.5) is 21.7 Å². The molecule has 4 aromatic heterocycles. The number of hydrogen-bond acceptors (Lipinski definition) is 9. The largest absolute Gasteiger partial charge is 0.457 e. The van der Waals surface area contributed by atoms with Crippen molar-refractivity contribution < 1.29 is 13.9 Å². The van der Waals surface area contributed by atoms with Gasteiger partial charge < -0.3 is 19.9 Å². The Kier molecular flexibility index (Phi) is 5.95. The Balaban J connectivity index is 1.14. The van der Waals surface area contributed by atoms with Gasteiger partial charge in [-0.05, 0) is 49.2 Å². The predicted molar refractivity (Wildman–Crippen MR) is 151 cm³/mol. The van der Waals surface area contributed by atoms with E-state index in [2.05, 4.69) is 36.8 Å². The minimum atomic E-state index is -0.503. The van der Waals surface area contributed by atoms with Crippen LogP contribution < -0.4 is 15.0 Å². The molecular weight excluding hydrogens is 525 g/mol. The standard InChI is InChI=1S/C29H26FN9O2/c1-3-27(40)38-8-6-18-13-37(14-23(18)38)25-5-4-21-28(36-25)29(33-15-31-21)35-22-10-17(2)24(12-20(22)30)41-19-7-9-39-26(11-19)32-16-34-39/h3-5,7,9-12,15-16,18,23H,1,6,8,13-14H2,2H3,(H,31,33,35)/t18-,23+/m0/s1. The summed E-state index contributed by atoms with van der Waals surface area (Å²) in [6.07, 6.45) is 6.94. The SMILES string of the molecule is C=CC(=O)N1CC[C@H]2CN(c3ccc4ncnc(Nc5cc(C)c(Oc6ccn7ncnc7c6)cc5F)c4n3)C[C@H]21. The van der Waals surface area contributed by atoms with E-state index in [9.17, 15) is 4.79 Å². The summed E-state index contributed by atoms with van der Waals surface area (Å²) in [4.78, 5) is 34.1. The Morgan fingerprint density at radius 1 is 1.15 bits per heavy atom. The van der Waals surface area contributed by atoms with E-state index >= 15 is 4.39 Å². The molecule has 2 fully saturated rings. The van der Waals surface area contributed by atoms with E-state index in [1.807, 2.05) is 24.0 Å². The van der Waals surface area contributed by atoms with Crippen LogP contribution in [0.3, 0.4) is 0 Å². The first-order chi connectivity index (χ1) is 20.0. The van der Waals surface area contributed by atoms with Gasteiger partial charge in [-0.25, -0.2) is 28.8 Å². The molecule has 6 heterocycles. The van der Waals surface area contributed by atoms with Crippen molar-refractivity contribution in [2.45, 2.75) is 19.4 Å². The molecule has 0 saturated carbocycles. The van der Waals surface area contributed by atoms with Gasteiger partial charge in [0.2, 0.25) is 5.91 Å². The summed E-state index contributed by atoms with van der Waals surface area (Å²) in [7, 11) is 0. The lowest BCUT2D eigenvalue weighted by atomic mass is 10.1. The Morgan fingerprint density at radius 3 is 2.93 bits per heavy atom. The molecule has 41 heavy (non-hydrogen) atoms. The maximum atomic E-state index is 15.3. The number of benzene rings is 1.